The van der Waals surface area contributed by atoms with E-state index in [2.05, 4.69) is 0 Å². The molecule has 1 heterocycles. The van der Waals surface area contributed by atoms with Crippen molar-refractivity contribution in [2.45, 2.75) is 24.9 Å². The van der Waals surface area contributed by atoms with Gasteiger partial charge in [0.15, 0.2) is 0 Å². The Morgan fingerprint density at radius 1 is 1.60 bits per heavy atom. The van der Waals surface area contributed by atoms with Gasteiger partial charge in [-0.2, -0.15) is 0 Å². The Morgan fingerprint density at radius 2 is 2.47 bits per heavy atom. The predicted molar refractivity (Wildman–Crippen MR) is 58.4 cm³/mol. The average Bonchev–Trinajstić information content (AvgIpc) is 2.93. The molecule has 1 fully saturated rings. The fourth-order valence-electron chi connectivity index (χ4n) is 1.44. The van der Waals surface area contributed by atoms with Crippen LogP contribution in [0.4, 0.5) is 0 Å². The summed E-state index contributed by atoms with van der Waals surface area (Å²) in [6.45, 7) is -0.00213. The van der Waals surface area contributed by atoms with E-state index in [9.17, 15) is 0 Å². The van der Waals surface area contributed by atoms with Crippen molar-refractivity contribution in [3.63, 3.8) is 0 Å². The highest BCUT2D eigenvalue weighted by Crippen LogP contribution is 2.12. The van der Waals surface area contributed by atoms with Crippen molar-refractivity contribution < 1.29 is 16.4 Å². The lowest BCUT2D eigenvalue weighted by atomic mass is 10.0. The Bertz CT molecular complexity index is 439. The molecule has 2 unspecified atom stereocenters. The van der Waals surface area contributed by atoms with E-state index in [1.807, 2.05) is 6.07 Å². The van der Waals surface area contributed by atoms with Gasteiger partial charge in [0, 0.05) is 10.1 Å². The lowest BCUT2D eigenvalue weighted by Crippen LogP contribution is -2.29. The first-order valence-corrected chi connectivity index (χ1v) is 4.89. The largest absolute Gasteiger partial charge is 0.353 e. The van der Waals surface area contributed by atoms with Gasteiger partial charge in [0.1, 0.15) is 9.62 Å². The number of ether oxygens (including phenoxy) is 2. The quantitative estimate of drug-likeness (QED) is 0.800. The smallest absolute Gasteiger partial charge is 0.147 e. The molecule has 0 radical (unpaired) electrons. The zero-order chi connectivity index (χ0) is 14.8. The minimum absolute atomic E-state index is 0.0241. The first kappa shape index (κ1) is 5.99. The second kappa shape index (κ2) is 5.26. The second-order valence-corrected chi connectivity index (χ2v) is 3.40. The molecular weight excluding hydrogens is 190 g/mol. The molecule has 0 aliphatic carbocycles. The van der Waals surface area contributed by atoms with Crippen LogP contribution in [0.15, 0.2) is 30.3 Å². The first-order valence-electron chi connectivity index (χ1n) is 7.28. The van der Waals surface area contributed by atoms with E-state index in [1.54, 1.807) is 24.3 Å². The van der Waals surface area contributed by atoms with Crippen molar-refractivity contribution in [3.8, 4) is 0 Å². The molecule has 0 bridgehead atoms. The minimum Gasteiger partial charge on any atom is -0.353 e. The molecule has 3 heteroatoms. The van der Waals surface area contributed by atoms with Crippen molar-refractivity contribution >= 4 is 0 Å². The van der Waals surface area contributed by atoms with Crippen LogP contribution in [0.1, 0.15) is 16.0 Å². The molecule has 2 rings (SSSR count). The van der Waals surface area contributed by atoms with Gasteiger partial charge in [0.25, 0.3) is 0 Å². The van der Waals surface area contributed by atoms with Crippen LogP contribution in [0.25, 0.3) is 0 Å². The number of nitrogens with two attached hydrogens (primary N) is 1. The van der Waals surface area contributed by atoms with Crippen LogP contribution >= 0.6 is 0 Å². The molecule has 2 atom stereocenters. The Balaban J connectivity index is 2.28. The standard InChI is InChI=1S/C12H17NO2/c13-11(7-12-8-14-9-15-12)6-10-4-2-1-3-5-10/h1-5,11-12H,6-9,13H2/i7D2,11D/hD2. The zero-order valence-electron chi connectivity index (χ0n) is 13.3. The van der Waals surface area contributed by atoms with Gasteiger partial charge >= 0.3 is 0 Å². The van der Waals surface area contributed by atoms with Crippen molar-refractivity contribution in [3.05, 3.63) is 35.9 Å². The number of benzene rings is 1. The van der Waals surface area contributed by atoms with Crippen LogP contribution in [0.5, 0.6) is 0 Å². The lowest BCUT2D eigenvalue weighted by Gasteiger charge is -2.14. The molecule has 1 aliphatic heterocycles. The highest BCUT2D eigenvalue weighted by Gasteiger charge is 2.19. The molecule has 0 amide bonds. The van der Waals surface area contributed by atoms with Crippen molar-refractivity contribution in [2.24, 2.45) is 5.72 Å². The molecule has 0 saturated carbocycles. The maximum absolute atomic E-state index is 8.32. The summed E-state index contributed by atoms with van der Waals surface area (Å²) in [5.41, 5.74) is 0.802. The maximum atomic E-state index is 8.32. The van der Waals surface area contributed by atoms with E-state index in [4.69, 9.17) is 16.4 Å². The van der Waals surface area contributed by atoms with Crippen molar-refractivity contribution in [2.75, 3.05) is 13.4 Å². The maximum Gasteiger partial charge on any atom is 0.147 e. The van der Waals surface area contributed by atoms with Crippen molar-refractivity contribution in [1.29, 1.82) is 0 Å². The molecule has 15 heavy (non-hydrogen) atoms. The Labute approximate surface area is 97.3 Å². The Kier molecular flexibility index (Phi) is 2.10. The zero-order valence-corrected chi connectivity index (χ0v) is 8.35. The third kappa shape index (κ3) is 3.30. The SMILES string of the molecule is [2H]N([2H])C([2H])(Cc1ccccc1)C([2H])([2H])C1COCO1. The summed E-state index contributed by atoms with van der Waals surface area (Å²) >= 11 is 0. The summed E-state index contributed by atoms with van der Waals surface area (Å²) in [6.07, 6.45) is -3.27. The highest BCUT2D eigenvalue weighted by molar-refractivity contribution is 5.15. The van der Waals surface area contributed by atoms with Gasteiger partial charge in [-0.25, -0.2) is 0 Å². The fourth-order valence-corrected chi connectivity index (χ4v) is 1.44. The summed E-state index contributed by atoms with van der Waals surface area (Å²) in [6, 6.07) is 6.77. The van der Waals surface area contributed by atoms with Crippen LogP contribution in [-0.2, 0) is 15.9 Å². The molecule has 82 valence electrons. The Hall–Kier alpha value is -0.900. The number of hydrogen-bond donors (Lipinski definition) is 1. The van der Waals surface area contributed by atoms with E-state index >= 15 is 0 Å². The van der Waals surface area contributed by atoms with Gasteiger partial charge in [-0.3, -0.25) is 0 Å². The molecule has 3 nitrogen and oxygen atoms in total. The van der Waals surface area contributed by atoms with Crippen LogP contribution in [0, 0.1) is 0 Å². The van der Waals surface area contributed by atoms with E-state index in [1.165, 1.54) is 0 Å². The second-order valence-electron chi connectivity index (χ2n) is 3.40. The van der Waals surface area contributed by atoms with E-state index in [0.29, 0.717) is 5.56 Å². The van der Waals surface area contributed by atoms with E-state index in [0.717, 1.165) is 0 Å². The topological polar surface area (TPSA) is 44.5 Å². The van der Waals surface area contributed by atoms with E-state index < -0.39 is 18.5 Å². The van der Waals surface area contributed by atoms with E-state index in [-0.39, 0.29) is 25.5 Å². The summed E-state index contributed by atoms with van der Waals surface area (Å²) in [7, 11) is 0. The monoisotopic (exact) mass is 212 g/mol. The summed E-state index contributed by atoms with van der Waals surface area (Å²) < 4.78 is 49.7. The predicted octanol–water partition coefficient (Wildman–Crippen LogP) is 1.32. The molecular formula is C12H17NO2. The molecule has 1 aliphatic rings. The first-order chi connectivity index (χ1) is 9.38. The van der Waals surface area contributed by atoms with Gasteiger partial charge in [0.05, 0.1) is 12.7 Å². The van der Waals surface area contributed by atoms with Gasteiger partial charge in [-0.15, -0.1) is 0 Å². The van der Waals surface area contributed by atoms with Crippen molar-refractivity contribution in [1.82, 2.24) is 0 Å². The molecule has 2 N–H and O–H groups in total. The van der Waals surface area contributed by atoms with Crippen LogP contribution in [-0.4, -0.2) is 25.5 Å². The number of hydrogen-bond acceptors (Lipinski definition) is 3. The Morgan fingerprint density at radius 3 is 3.13 bits per heavy atom. The highest BCUT2D eigenvalue weighted by atomic mass is 16.7. The van der Waals surface area contributed by atoms with Crippen LogP contribution in [0.3, 0.4) is 0 Å². The third-order valence-electron chi connectivity index (χ3n) is 2.16. The average molecular weight is 212 g/mol. The molecule has 1 aromatic carbocycles. The third-order valence-corrected chi connectivity index (χ3v) is 2.16. The molecule has 1 saturated heterocycles. The summed E-state index contributed by atoms with van der Waals surface area (Å²) in [4.78, 5) is 0. The number of rotatable bonds is 5. The normalized spacial score (nSPS) is 31.0. The molecule has 1 aromatic rings. The molecule has 0 spiro atoms. The summed E-state index contributed by atoms with van der Waals surface area (Å²) in [5.74, 6) is 0. The van der Waals surface area contributed by atoms with Gasteiger partial charge < -0.3 is 15.2 Å². The van der Waals surface area contributed by atoms with Gasteiger partial charge in [0.2, 0.25) is 0 Å². The summed E-state index contributed by atoms with van der Waals surface area (Å²) in [5, 5.41) is 0. The molecule has 0 aromatic heterocycles. The van der Waals surface area contributed by atoms with Gasteiger partial charge in [-0.05, 0) is 18.4 Å². The minimum atomic E-state index is -2.22. The van der Waals surface area contributed by atoms with Crippen LogP contribution in [0.2, 0.25) is 2.82 Å². The van der Waals surface area contributed by atoms with Gasteiger partial charge in [-0.1, -0.05) is 30.3 Å². The fraction of sp³-hybridized carbons (Fsp3) is 0.500. The lowest BCUT2D eigenvalue weighted by molar-refractivity contribution is 0.0429. The van der Waals surface area contributed by atoms with Crippen LogP contribution < -0.4 is 5.72 Å².